The van der Waals surface area contributed by atoms with Crippen LogP contribution in [-0.4, -0.2) is 59.6 Å². The standard InChI is InChI=1S/C27H24N8O3/c1-3-25(36)34-10-8-20(14-34)38-24-7-5-21-26(33-24)27(30-15-28-21)32-18-4-6-22(17(2)12-18)37-19-9-11-35-23(13-19)29-16-31-35/h3-7,9,11-13,15-16,20H,1,8,10,14H2,2H3,(H,28,30,32). The van der Waals surface area contributed by atoms with E-state index in [1.54, 1.807) is 21.7 Å². The predicted molar refractivity (Wildman–Crippen MR) is 141 cm³/mol. The quantitative estimate of drug-likeness (QED) is 0.324. The highest BCUT2D eigenvalue weighted by Crippen LogP contribution is 2.30. The van der Waals surface area contributed by atoms with Gasteiger partial charge in [-0.3, -0.25) is 4.79 Å². The first-order valence-corrected chi connectivity index (χ1v) is 12.1. The number of nitrogens with zero attached hydrogens (tertiary/aromatic N) is 7. The molecule has 0 aliphatic carbocycles. The van der Waals surface area contributed by atoms with Crippen LogP contribution in [0.5, 0.6) is 17.4 Å². The Balaban J connectivity index is 1.19. The van der Waals surface area contributed by atoms with Crippen LogP contribution in [-0.2, 0) is 4.79 Å². The molecule has 1 fully saturated rings. The van der Waals surface area contributed by atoms with E-state index in [2.05, 4.69) is 36.9 Å². The Bertz CT molecular complexity index is 1670. The fourth-order valence-electron chi connectivity index (χ4n) is 4.37. The van der Waals surface area contributed by atoms with Gasteiger partial charge in [-0.25, -0.2) is 24.5 Å². The van der Waals surface area contributed by atoms with Crippen molar-refractivity contribution in [3.05, 3.63) is 79.5 Å². The van der Waals surface area contributed by atoms with Crippen molar-refractivity contribution in [1.29, 1.82) is 0 Å². The largest absolute Gasteiger partial charge is 0.472 e. The van der Waals surface area contributed by atoms with E-state index in [1.165, 1.54) is 18.7 Å². The van der Waals surface area contributed by atoms with Gasteiger partial charge in [0.1, 0.15) is 35.8 Å². The third kappa shape index (κ3) is 4.69. The van der Waals surface area contributed by atoms with E-state index in [9.17, 15) is 4.79 Å². The Morgan fingerprint density at radius 3 is 2.92 bits per heavy atom. The molecule has 0 saturated carbocycles. The van der Waals surface area contributed by atoms with Gasteiger partial charge in [-0.2, -0.15) is 5.10 Å². The second-order valence-electron chi connectivity index (χ2n) is 8.89. The zero-order chi connectivity index (χ0) is 26.1. The fraction of sp³-hybridized carbons (Fsp3) is 0.185. The number of fused-ring (bicyclic) bond motifs is 2. The van der Waals surface area contributed by atoms with Crippen molar-refractivity contribution in [2.45, 2.75) is 19.4 Å². The van der Waals surface area contributed by atoms with Gasteiger partial charge in [-0.15, -0.1) is 0 Å². The van der Waals surface area contributed by atoms with Crippen molar-refractivity contribution in [3.8, 4) is 17.4 Å². The average Bonchev–Trinajstić information content (AvgIpc) is 3.59. The number of anilines is 2. The lowest BCUT2D eigenvalue weighted by atomic mass is 10.2. The first-order valence-electron chi connectivity index (χ1n) is 12.1. The number of carbonyl (C=O) groups is 1. The molecule has 1 aromatic carbocycles. The molecular formula is C27H24N8O3. The third-order valence-corrected chi connectivity index (χ3v) is 6.29. The molecule has 1 N–H and O–H groups in total. The summed E-state index contributed by atoms with van der Waals surface area (Å²) in [5, 5.41) is 7.44. The molecule has 1 atom stereocenters. The van der Waals surface area contributed by atoms with E-state index in [4.69, 9.17) is 9.47 Å². The van der Waals surface area contributed by atoms with Crippen LogP contribution < -0.4 is 14.8 Å². The number of amides is 1. The van der Waals surface area contributed by atoms with Crippen LogP contribution in [0, 0.1) is 6.92 Å². The van der Waals surface area contributed by atoms with Gasteiger partial charge in [0, 0.05) is 37.0 Å². The summed E-state index contributed by atoms with van der Waals surface area (Å²) in [4.78, 5) is 31.2. The van der Waals surface area contributed by atoms with E-state index in [0.29, 0.717) is 47.2 Å². The second-order valence-corrected chi connectivity index (χ2v) is 8.89. The Morgan fingerprint density at radius 1 is 1.13 bits per heavy atom. The van der Waals surface area contributed by atoms with Crippen molar-refractivity contribution in [2.75, 3.05) is 18.4 Å². The molecule has 11 heteroatoms. The Labute approximate surface area is 217 Å². The molecule has 5 aromatic rings. The lowest BCUT2D eigenvalue weighted by Gasteiger charge is -2.16. The summed E-state index contributed by atoms with van der Waals surface area (Å²) in [6, 6.07) is 13.1. The summed E-state index contributed by atoms with van der Waals surface area (Å²) in [6.45, 7) is 6.66. The first-order chi connectivity index (χ1) is 18.6. The van der Waals surface area contributed by atoms with Gasteiger partial charge in [-0.05, 0) is 48.9 Å². The Morgan fingerprint density at radius 2 is 2.05 bits per heavy atom. The molecule has 5 heterocycles. The number of aryl methyl sites for hydroxylation is 1. The minimum atomic E-state index is -0.134. The zero-order valence-electron chi connectivity index (χ0n) is 20.6. The van der Waals surface area contributed by atoms with Crippen LogP contribution in [0.4, 0.5) is 11.5 Å². The summed E-state index contributed by atoms with van der Waals surface area (Å²) in [6.07, 6.45) is 6.72. The molecule has 0 bridgehead atoms. The normalized spacial score (nSPS) is 15.1. The molecule has 1 aliphatic rings. The van der Waals surface area contributed by atoms with Gasteiger partial charge >= 0.3 is 0 Å². The number of aromatic nitrogens is 6. The summed E-state index contributed by atoms with van der Waals surface area (Å²) in [5.74, 6) is 2.32. The summed E-state index contributed by atoms with van der Waals surface area (Å²) < 4.78 is 13.8. The summed E-state index contributed by atoms with van der Waals surface area (Å²) in [5.41, 5.74) is 3.74. The minimum absolute atomic E-state index is 0.0921. The lowest BCUT2D eigenvalue weighted by molar-refractivity contribution is -0.125. The monoisotopic (exact) mass is 508 g/mol. The number of rotatable bonds is 7. The van der Waals surface area contributed by atoms with E-state index in [1.807, 2.05) is 43.3 Å². The number of likely N-dealkylation sites (tertiary alicyclic amines) is 1. The summed E-state index contributed by atoms with van der Waals surface area (Å²) in [7, 11) is 0. The number of benzene rings is 1. The van der Waals surface area contributed by atoms with E-state index in [0.717, 1.165) is 23.4 Å². The highest BCUT2D eigenvalue weighted by atomic mass is 16.5. The maximum Gasteiger partial charge on any atom is 0.246 e. The van der Waals surface area contributed by atoms with Crippen molar-refractivity contribution in [1.82, 2.24) is 34.4 Å². The molecule has 38 heavy (non-hydrogen) atoms. The zero-order valence-corrected chi connectivity index (χ0v) is 20.6. The molecule has 1 aliphatic heterocycles. The highest BCUT2D eigenvalue weighted by molar-refractivity contribution is 5.88. The van der Waals surface area contributed by atoms with Gasteiger partial charge in [-0.1, -0.05) is 6.58 Å². The smallest absolute Gasteiger partial charge is 0.246 e. The van der Waals surface area contributed by atoms with Crippen molar-refractivity contribution in [3.63, 3.8) is 0 Å². The molecule has 6 rings (SSSR count). The van der Waals surface area contributed by atoms with Crippen LogP contribution >= 0.6 is 0 Å². The average molecular weight is 509 g/mol. The number of pyridine rings is 2. The van der Waals surface area contributed by atoms with Crippen LogP contribution in [0.1, 0.15) is 12.0 Å². The number of nitrogens with one attached hydrogen (secondary N) is 1. The maximum absolute atomic E-state index is 11.9. The molecule has 190 valence electrons. The van der Waals surface area contributed by atoms with E-state index >= 15 is 0 Å². The minimum Gasteiger partial charge on any atom is -0.472 e. The van der Waals surface area contributed by atoms with Gasteiger partial charge in [0.05, 0.1) is 12.1 Å². The van der Waals surface area contributed by atoms with Crippen molar-refractivity contribution < 1.29 is 14.3 Å². The predicted octanol–water partition coefficient (Wildman–Crippen LogP) is 4.08. The van der Waals surface area contributed by atoms with Crippen molar-refractivity contribution >= 4 is 34.1 Å². The molecular weight excluding hydrogens is 484 g/mol. The number of carbonyl (C=O) groups excluding carboxylic acids is 1. The maximum atomic E-state index is 11.9. The Kier molecular flexibility index (Phi) is 6.00. The second kappa shape index (κ2) is 9.77. The molecule has 11 nitrogen and oxygen atoms in total. The van der Waals surface area contributed by atoms with Crippen molar-refractivity contribution in [2.24, 2.45) is 0 Å². The molecule has 0 spiro atoms. The molecule has 1 saturated heterocycles. The van der Waals surface area contributed by atoms with Gasteiger partial charge < -0.3 is 19.7 Å². The van der Waals surface area contributed by atoms with E-state index < -0.39 is 0 Å². The van der Waals surface area contributed by atoms with Crippen LogP contribution in [0.3, 0.4) is 0 Å². The lowest BCUT2D eigenvalue weighted by Crippen LogP contribution is -2.29. The molecule has 4 aromatic heterocycles. The number of hydrogen-bond acceptors (Lipinski definition) is 9. The topological polar surface area (TPSA) is 120 Å². The van der Waals surface area contributed by atoms with Crippen LogP contribution in [0.2, 0.25) is 0 Å². The fourth-order valence-corrected chi connectivity index (χ4v) is 4.37. The van der Waals surface area contributed by atoms with Crippen LogP contribution in [0.25, 0.3) is 16.7 Å². The number of hydrogen-bond donors (Lipinski definition) is 1. The van der Waals surface area contributed by atoms with Crippen LogP contribution in [0.15, 0.2) is 74.0 Å². The summed E-state index contributed by atoms with van der Waals surface area (Å²) >= 11 is 0. The van der Waals surface area contributed by atoms with Gasteiger partial charge in [0.25, 0.3) is 0 Å². The van der Waals surface area contributed by atoms with Gasteiger partial charge in [0.2, 0.25) is 11.8 Å². The molecule has 1 unspecified atom stereocenters. The highest BCUT2D eigenvalue weighted by Gasteiger charge is 2.26. The molecule has 1 amide bonds. The SMILES string of the molecule is C=CC(=O)N1CCC(Oc2ccc3ncnc(Nc4ccc(Oc5ccn6ncnc6c5)c(C)c4)c3n2)C1. The molecule has 0 radical (unpaired) electrons. The Hall–Kier alpha value is -5.06. The first kappa shape index (κ1) is 23.3. The van der Waals surface area contributed by atoms with Gasteiger partial charge in [0.15, 0.2) is 11.5 Å². The number of ether oxygens (including phenoxy) is 2. The third-order valence-electron chi connectivity index (χ3n) is 6.29. The van der Waals surface area contributed by atoms with E-state index in [-0.39, 0.29) is 12.0 Å².